The van der Waals surface area contributed by atoms with E-state index in [0.717, 1.165) is 50.0 Å². The molecular weight excluding hydrogens is 712 g/mol. The maximum Gasteiger partial charge on any atom is 0.458 e. The van der Waals surface area contributed by atoms with Gasteiger partial charge in [-0.05, 0) is 70.1 Å². The van der Waals surface area contributed by atoms with E-state index in [2.05, 4.69) is 83.1 Å². The second-order valence-electron chi connectivity index (χ2n) is 12.6. The molecule has 0 bridgehead atoms. The molecule has 1 aliphatic heterocycles. The molecule has 1 aromatic heterocycles. The smallest absolute Gasteiger partial charge is 0.413 e. The molecule has 12 nitrogen and oxygen atoms in total. The fraction of sp³-hybridized carbons (Fsp3) is 0.425. The summed E-state index contributed by atoms with van der Waals surface area (Å²) in [4.78, 5) is 28.3. The normalized spacial score (nSPS) is 21.7. The molecule has 5 atom stereocenters. The SMILES string of the molecule is CCC=CCC=CCC=CCC=CCC=CCC=CCCC(=O)NCCNP(=O)(OCC1OC(n2ccc(N)nc2=O)C(C)(F)C1O)Oc1ccccc1. The molecule has 0 saturated carbocycles. The second kappa shape index (κ2) is 24.1. The number of aliphatic hydroxyl groups excluding tert-OH is 1. The van der Waals surface area contributed by atoms with Gasteiger partial charge in [0.25, 0.3) is 0 Å². The summed E-state index contributed by atoms with van der Waals surface area (Å²) in [7, 11) is -4.13. The average molecular weight is 768 g/mol. The van der Waals surface area contributed by atoms with Crippen molar-refractivity contribution >= 4 is 19.5 Å². The fourth-order valence-electron chi connectivity index (χ4n) is 5.19. The van der Waals surface area contributed by atoms with Crippen LogP contribution >= 0.6 is 7.75 Å². The van der Waals surface area contributed by atoms with Crippen molar-refractivity contribution in [1.29, 1.82) is 0 Å². The van der Waals surface area contributed by atoms with Gasteiger partial charge in [0.05, 0.1) is 6.61 Å². The van der Waals surface area contributed by atoms with Gasteiger partial charge in [-0.1, -0.05) is 98.0 Å². The first kappa shape index (κ1) is 44.0. The number of benzene rings is 1. The van der Waals surface area contributed by atoms with Crippen molar-refractivity contribution in [3.63, 3.8) is 0 Å². The van der Waals surface area contributed by atoms with Crippen LogP contribution in [0.2, 0.25) is 0 Å². The van der Waals surface area contributed by atoms with Crippen LogP contribution in [-0.4, -0.2) is 58.1 Å². The lowest BCUT2D eigenvalue weighted by Crippen LogP contribution is -2.43. The van der Waals surface area contributed by atoms with Crippen molar-refractivity contribution in [2.75, 3.05) is 25.4 Å². The van der Waals surface area contributed by atoms with Crippen LogP contribution in [0.25, 0.3) is 0 Å². The van der Waals surface area contributed by atoms with Gasteiger partial charge in [-0.2, -0.15) is 4.98 Å². The lowest BCUT2D eigenvalue weighted by Gasteiger charge is -2.25. The average Bonchev–Trinajstić information content (AvgIpc) is 3.37. The van der Waals surface area contributed by atoms with Gasteiger partial charge in [0.15, 0.2) is 11.9 Å². The van der Waals surface area contributed by atoms with Crippen molar-refractivity contribution in [1.82, 2.24) is 20.0 Å². The zero-order valence-corrected chi connectivity index (χ0v) is 32.1. The number of amides is 1. The van der Waals surface area contributed by atoms with Crippen molar-refractivity contribution in [3.8, 4) is 5.75 Å². The highest BCUT2D eigenvalue weighted by Gasteiger charge is 2.55. The Morgan fingerprint density at radius 3 is 2.11 bits per heavy atom. The number of aromatic nitrogens is 2. The summed E-state index contributed by atoms with van der Waals surface area (Å²) in [5.74, 6) is -0.00470. The monoisotopic (exact) mass is 767 g/mol. The molecule has 0 radical (unpaired) electrons. The topological polar surface area (TPSA) is 167 Å². The number of hydrogen-bond donors (Lipinski definition) is 4. The molecule has 0 aliphatic carbocycles. The van der Waals surface area contributed by atoms with Crippen LogP contribution in [-0.2, 0) is 18.6 Å². The molecule has 1 fully saturated rings. The number of nitrogens with one attached hydrogen (secondary N) is 2. The van der Waals surface area contributed by atoms with E-state index in [0.29, 0.717) is 6.42 Å². The van der Waals surface area contributed by atoms with E-state index in [-0.39, 0.29) is 37.0 Å². The van der Waals surface area contributed by atoms with Crippen LogP contribution in [0.1, 0.15) is 71.4 Å². The zero-order valence-electron chi connectivity index (χ0n) is 31.2. The van der Waals surface area contributed by atoms with Crippen molar-refractivity contribution in [3.05, 3.63) is 126 Å². The fourth-order valence-corrected chi connectivity index (χ4v) is 6.52. The molecule has 14 heteroatoms. The number of carbonyl (C=O) groups excluding carboxylic acids is 1. The lowest BCUT2D eigenvalue weighted by molar-refractivity contribution is -0.120. The number of rotatable bonds is 24. The third kappa shape index (κ3) is 15.9. The van der Waals surface area contributed by atoms with Crippen LogP contribution in [0.3, 0.4) is 0 Å². The number of ether oxygens (including phenoxy) is 1. The molecule has 1 aromatic carbocycles. The van der Waals surface area contributed by atoms with E-state index in [1.807, 2.05) is 12.2 Å². The maximum absolute atomic E-state index is 15.6. The van der Waals surface area contributed by atoms with Crippen LogP contribution in [0.5, 0.6) is 5.75 Å². The molecule has 1 aliphatic rings. The van der Waals surface area contributed by atoms with Crippen LogP contribution in [0.4, 0.5) is 10.2 Å². The summed E-state index contributed by atoms with van der Waals surface area (Å²) in [6.07, 6.45) is 28.6. The van der Waals surface area contributed by atoms with E-state index >= 15 is 4.39 Å². The number of para-hydroxylation sites is 1. The molecule has 5 unspecified atom stereocenters. The minimum absolute atomic E-state index is 0.0137. The van der Waals surface area contributed by atoms with Gasteiger partial charge in [-0.15, -0.1) is 0 Å². The molecule has 3 rings (SSSR count). The number of nitrogens with zero attached hydrogens (tertiary/aromatic N) is 2. The third-order valence-electron chi connectivity index (χ3n) is 8.09. The summed E-state index contributed by atoms with van der Waals surface area (Å²) in [6, 6.07) is 9.56. The summed E-state index contributed by atoms with van der Waals surface area (Å²) in [6.45, 7) is 2.79. The Hall–Kier alpha value is -4.39. The Kier molecular flexibility index (Phi) is 19.6. The molecule has 1 amide bonds. The minimum atomic E-state index is -4.13. The van der Waals surface area contributed by atoms with Gasteiger partial charge >= 0.3 is 13.4 Å². The van der Waals surface area contributed by atoms with Crippen LogP contribution in [0.15, 0.2) is 120 Å². The van der Waals surface area contributed by atoms with Crippen molar-refractivity contribution in [2.24, 2.45) is 0 Å². The molecule has 0 spiro atoms. The first-order chi connectivity index (χ1) is 26.1. The molecule has 54 heavy (non-hydrogen) atoms. The standard InChI is InChI=1S/C40H55FN5O7P/c1-3-4-5-6-7-8-9-10-11-12-13-14-15-16-17-18-19-20-24-27-36(47)43-29-30-44-54(50,53-33-25-22-21-23-26-33)51-32-34-37(48)40(2,41)38(52-34)46-31-28-35(42)45-39(46)49/h4-5,7-8,10-11,13-14,16-17,19-23,25-26,28,31,34,37-38,48H,3,6,9,12,15,18,24,27,29-30,32H2,1-2H3,(H,43,47)(H,44,50)(H2,42,45,49). The summed E-state index contributed by atoms with van der Waals surface area (Å²) in [5.41, 5.74) is 2.25. The number of allylic oxidation sites excluding steroid dienone is 12. The molecule has 5 N–H and O–H groups in total. The van der Waals surface area contributed by atoms with E-state index in [4.69, 9.17) is 19.5 Å². The maximum atomic E-state index is 15.6. The number of nitrogens with two attached hydrogens (primary N) is 1. The van der Waals surface area contributed by atoms with Crippen molar-refractivity contribution in [2.45, 2.75) is 89.3 Å². The number of alkyl halides is 1. The first-order valence-corrected chi connectivity index (χ1v) is 19.9. The highest BCUT2D eigenvalue weighted by molar-refractivity contribution is 7.52. The van der Waals surface area contributed by atoms with E-state index in [1.54, 1.807) is 30.3 Å². The van der Waals surface area contributed by atoms with E-state index < -0.39 is 44.1 Å². The van der Waals surface area contributed by atoms with Crippen LogP contribution in [0, 0.1) is 0 Å². The second-order valence-corrected chi connectivity index (χ2v) is 14.3. The predicted octanol–water partition coefficient (Wildman–Crippen LogP) is 7.20. The Morgan fingerprint density at radius 1 is 0.963 bits per heavy atom. The van der Waals surface area contributed by atoms with Crippen LogP contribution < -0.4 is 26.4 Å². The number of hydrogen-bond acceptors (Lipinski definition) is 9. The highest BCUT2D eigenvalue weighted by atomic mass is 31.2. The highest BCUT2D eigenvalue weighted by Crippen LogP contribution is 2.47. The third-order valence-corrected chi connectivity index (χ3v) is 9.64. The number of aliphatic hydroxyl groups is 1. The van der Waals surface area contributed by atoms with Gasteiger partial charge in [-0.25, -0.2) is 18.8 Å². The largest absolute Gasteiger partial charge is 0.458 e. The zero-order chi connectivity index (χ0) is 39.1. The number of anilines is 1. The molecule has 1 saturated heterocycles. The van der Waals surface area contributed by atoms with Gasteiger partial charge in [0.2, 0.25) is 5.91 Å². The van der Waals surface area contributed by atoms with Gasteiger partial charge in [0.1, 0.15) is 23.8 Å². The van der Waals surface area contributed by atoms with Gasteiger partial charge < -0.3 is 25.4 Å². The predicted molar refractivity (Wildman–Crippen MR) is 211 cm³/mol. The van der Waals surface area contributed by atoms with Gasteiger partial charge in [-0.3, -0.25) is 13.9 Å². The Bertz CT molecular complexity index is 1710. The van der Waals surface area contributed by atoms with E-state index in [1.165, 1.54) is 12.3 Å². The summed E-state index contributed by atoms with van der Waals surface area (Å²) in [5, 5.41) is 16.2. The Labute approximate surface area is 318 Å². The number of halogens is 1. The van der Waals surface area contributed by atoms with Crippen molar-refractivity contribution < 1.29 is 32.6 Å². The minimum Gasteiger partial charge on any atom is -0.413 e. The lowest BCUT2D eigenvalue weighted by atomic mass is 9.98. The van der Waals surface area contributed by atoms with E-state index in [9.17, 15) is 19.3 Å². The molecule has 294 valence electrons. The first-order valence-electron chi connectivity index (χ1n) is 18.3. The Balaban J connectivity index is 1.36. The summed E-state index contributed by atoms with van der Waals surface area (Å²) >= 11 is 0. The summed E-state index contributed by atoms with van der Waals surface area (Å²) < 4.78 is 47.2. The molecule has 2 heterocycles. The quantitative estimate of drug-likeness (QED) is 0.0488. The number of nitrogen functional groups attached to an aromatic ring is 1. The molecular formula is C40H55FN5O7P. The molecule has 2 aromatic rings. The Morgan fingerprint density at radius 2 is 1.54 bits per heavy atom. The van der Waals surface area contributed by atoms with Gasteiger partial charge in [0, 0.05) is 25.7 Å². The number of carbonyl (C=O) groups is 1.